The van der Waals surface area contributed by atoms with Crippen molar-refractivity contribution in [2.45, 2.75) is 12.5 Å². The Hall–Kier alpha value is -1.04. The van der Waals surface area contributed by atoms with E-state index in [1.54, 1.807) is 12.3 Å². The molecule has 0 saturated heterocycles. The number of carboxylic acids is 1. The van der Waals surface area contributed by atoms with Gasteiger partial charge in [-0.1, -0.05) is 0 Å². The van der Waals surface area contributed by atoms with Crippen molar-refractivity contribution in [3.05, 3.63) is 24.0 Å². The van der Waals surface area contributed by atoms with Crippen LogP contribution in [-0.2, 0) is 11.2 Å². The van der Waals surface area contributed by atoms with Crippen LogP contribution in [0.4, 0.5) is 5.69 Å². The van der Waals surface area contributed by atoms with Crippen molar-refractivity contribution in [2.24, 2.45) is 5.73 Å². The van der Waals surface area contributed by atoms with Crippen LogP contribution in [-0.4, -0.2) is 22.1 Å². The number of pyridine rings is 1. The number of hydrogen-bond acceptors (Lipinski definition) is 4. The van der Waals surface area contributed by atoms with Crippen LogP contribution in [0.1, 0.15) is 5.56 Å². The van der Waals surface area contributed by atoms with Crippen LogP contribution in [0.25, 0.3) is 0 Å². The van der Waals surface area contributed by atoms with E-state index in [4.69, 9.17) is 16.6 Å². The number of rotatable bonds is 3. The SMILES string of the molecule is Cl.Cl.Nc1cncc(CC(N)C(=O)O)c1. The quantitative estimate of drug-likeness (QED) is 0.727. The molecular weight excluding hydrogens is 241 g/mol. The van der Waals surface area contributed by atoms with Crippen LogP contribution in [0.2, 0.25) is 0 Å². The molecule has 86 valence electrons. The van der Waals surface area contributed by atoms with E-state index in [-0.39, 0.29) is 31.2 Å². The molecule has 1 unspecified atom stereocenters. The topological polar surface area (TPSA) is 102 Å². The molecule has 5 nitrogen and oxygen atoms in total. The molecule has 1 aromatic heterocycles. The van der Waals surface area contributed by atoms with Gasteiger partial charge in [0.15, 0.2) is 0 Å². The van der Waals surface area contributed by atoms with Gasteiger partial charge in [0.1, 0.15) is 6.04 Å². The Morgan fingerprint density at radius 2 is 2.07 bits per heavy atom. The predicted molar refractivity (Wildman–Crippen MR) is 62.5 cm³/mol. The molecule has 0 fully saturated rings. The number of aromatic nitrogens is 1. The van der Waals surface area contributed by atoms with Gasteiger partial charge in [0.25, 0.3) is 0 Å². The van der Waals surface area contributed by atoms with Crippen molar-refractivity contribution < 1.29 is 9.90 Å². The first-order chi connectivity index (χ1) is 6.09. The zero-order valence-electron chi connectivity index (χ0n) is 7.79. The standard InChI is InChI=1S/C8H11N3O2.2ClH/c9-6-1-5(3-11-4-6)2-7(10)8(12)13;;/h1,3-4,7H,2,9-10H2,(H,12,13);2*1H. The molecule has 1 aromatic rings. The molecule has 15 heavy (non-hydrogen) atoms. The lowest BCUT2D eigenvalue weighted by Gasteiger charge is -2.05. The van der Waals surface area contributed by atoms with Gasteiger partial charge in [-0.15, -0.1) is 24.8 Å². The monoisotopic (exact) mass is 253 g/mol. The first-order valence-electron chi connectivity index (χ1n) is 3.77. The third-order valence-corrected chi connectivity index (χ3v) is 1.59. The number of nitrogens with zero attached hydrogens (tertiary/aromatic N) is 1. The fraction of sp³-hybridized carbons (Fsp3) is 0.250. The molecule has 0 amide bonds. The van der Waals surface area contributed by atoms with E-state index in [2.05, 4.69) is 4.98 Å². The number of carbonyl (C=O) groups is 1. The second kappa shape index (κ2) is 7.28. The summed E-state index contributed by atoms with van der Waals surface area (Å²) in [5, 5.41) is 8.54. The van der Waals surface area contributed by atoms with Crippen LogP contribution in [0.3, 0.4) is 0 Å². The van der Waals surface area contributed by atoms with Crippen LogP contribution in [0, 0.1) is 0 Å². The van der Waals surface area contributed by atoms with Crippen molar-refractivity contribution in [3.8, 4) is 0 Å². The van der Waals surface area contributed by atoms with E-state index in [9.17, 15) is 4.79 Å². The number of carboxylic acid groups (broad SMARTS) is 1. The van der Waals surface area contributed by atoms with E-state index < -0.39 is 12.0 Å². The summed E-state index contributed by atoms with van der Waals surface area (Å²) in [6, 6.07) is 0.763. The molecule has 0 aliphatic carbocycles. The lowest BCUT2D eigenvalue weighted by Crippen LogP contribution is -2.32. The highest BCUT2D eigenvalue weighted by atomic mass is 35.5. The Morgan fingerprint density at radius 3 is 2.53 bits per heavy atom. The number of halogens is 2. The van der Waals surface area contributed by atoms with E-state index in [1.807, 2.05) is 0 Å². The fourth-order valence-electron chi connectivity index (χ4n) is 0.961. The van der Waals surface area contributed by atoms with Gasteiger partial charge in [-0.2, -0.15) is 0 Å². The smallest absolute Gasteiger partial charge is 0.320 e. The normalized spacial score (nSPS) is 10.7. The summed E-state index contributed by atoms with van der Waals surface area (Å²) in [5.74, 6) is -1.03. The number of hydrogen-bond donors (Lipinski definition) is 3. The molecule has 0 aromatic carbocycles. The van der Waals surface area contributed by atoms with Gasteiger partial charge in [-0.05, 0) is 18.1 Å². The molecular formula is C8H13Cl2N3O2. The highest BCUT2D eigenvalue weighted by Gasteiger charge is 2.11. The van der Waals surface area contributed by atoms with E-state index >= 15 is 0 Å². The van der Waals surface area contributed by atoms with Crippen LogP contribution in [0.5, 0.6) is 0 Å². The number of aliphatic carboxylic acids is 1. The fourth-order valence-corrected chi connectivity index (χ4v) is 0.961. The summed E-state index contributed by atoms with van der Waals surface area (Å²) in [5.41, 5.74) is 12.0. The molecule has 0 spiro atoms. The van der Waals surface area contributed by atoms with Crippen molar-refractivity contribution in [3.63, 3.8) is 0 Å². The third kappa shape index (κ3) is 5.41. The average Bonchev–Trinajstić information content (AvgIpc) is 2.04. The summed E-state index contributed by atoms with van der Waals surface area (Å²) >= 11 is 0. The minimum absolute atomic E-state index is 0. The molecule has 1 rings (SSSR count). The highest BCUT2D eigenvalue weighted by Crippen LogP contribution is 2.05. The van der Waals surface area contributed by atoms with Gasteiger partial charge in [0.05, 0.1) is 5.69 Å². The maximum atomic E-state index is 10.4. The predicted octanol–water partition coefficient (Wildman–Crippen LogP) is 0.462. The minimum Gasteiger partial charge on any atom is -0.480 e. The summed E-state index contributed by atoms with van der Waals surface area (Å²) in [6.07, 6.45) is 3.29. The van der Waals surface area contributed by atoms with Gasteiger partial charge in [-0.25, -0.2) is 0 Å². The second-order valence-corrected chi connectivity index (χ2v) is 2.78. The summed E-state index contributed by atoms with van der Waals surface area (Å²) in [6.45, 7) is 0. The molecule has 0 aliphatic heterocycles. The first-order valence-corrected chi connectivity index (χ1v) is 3.77. The van der Waals surface area contributed by atoms with Crippen LogP contribution < -0.4 is 11.5 Å². The molecule has 7 heteroatoms. The van der Waals surface area contributed by atoms with Gasteiger partial charge in [0.2, 0.25) is 0 Å². The second-order valence-electron chi connectivity index (χ2n) is 2.78. The maximum absolute atomic E-state index is 10.4. The molecule has 1 atom stereocenters. The number of nitrogen functional groups attached to an aromatic ring is 1. The zero-order chi connectivity index (χ0) is 9.84. The van der Waals surface area contributed by atoms with Gasteiger partial charge in [-0.3, -0.25) is 9.78 Å². The largest absolute Gasteiger partial charge is 0.480 e. The molecule has 0 aliphatic rings. The zero-order valence-corrected chi connectivity index (χ0v) is 9.42. The van der Waals surface area contributed by atoms with Crippen LogP contribution in [0.15, 0.2) is 18.5 Å². The van der Waals surface area contributed by atoms with Crippen molar-refractivity contribution in [1.29, 1.82) is 0 Å². The Balaban J connectivity index is 0. The van der Waals surface area contributed by atoms with Crippen LogP contribution >= 0.6 is 24.8 Å². The van der Waals surface area contributed by atoms with E-state index in [0.29, 0.717) is 5.69 Å². The molecule has 0 bridgehead atoms. The number of anilines is 1. The minimum atomic E-state index is -1.03. The highest BCUT2D eigenvalue weighted by molar-refractivity contribution is 5.85. The van der Waals surface area contributed by atoms with Crippen molar-refractivity contribution in [1.82, 2.24) is 4.98 Å². The van der Waals surface area contributed by atoms with Gasteiger partial charge in [0, 0.05) is 12.4 Å². The summed E-state index contributed by atoms with van der Waals surface area (Å²) in [4.78, 5) is 14.2. The van der Waals surface area contributed by atoms with Gasteiger partial charge >= 0.3 is 5.97 Å². The Morgan fingerprint density at radius 1 is 1.47 bits per heavy atom. The van der Waals surface area contributed by atoms with Crippen molar-refractivity contribution in [2.75, 3.05) is 5.73 Å². The maximum Gasteiger partial charge on any atom is 0.320 e. The molecule has 1 heterocycles. The van der Waals surface area contributed by atoms with E-state index in [0.717, 1.165) is 5.56 Å². The summed E-state index contributed by atoms with van der Waals surface area (Å²) < 4.78 is 0. The number of nitrogens with two attached hydrogens (primary N) is 2. The summed E-state index contributed by atoms with van der Waals surface area (Å²) in [7, 11) is 0. The lowest BCUT2D eigenvalue weighted by atomic mass is 10.1. The Bertz CT molecular complexity index is 323. The Kier molecular flexibility index (Phi) is 7.95. The lowest BCUT2D eigenvalue weighted by molar-refractivity contribution is -0.138. The average molecular weight is 254 g/mol. The molecule has 0 radical (unpaired) electrons. The van der Waals surface area contributed by atoms with E-state index in [1.165, 1.54) is 6.20 Å². The molecule has 5 N–H and O–H groups in total. The third-order valence-electron chi connectivity index (χ3n) is 1.59. The van der Waals surface area contributed by atoms with Gasteiger partial charge < -0.3 is 16.6 Å². The first kappa shape index (κ1) is 16.4. The molecule has 0 saturated carbocycles. The Labute approximate surface area is 99.7 Å². The van der Waals surface area contributed by atoms with Crippen molar-refractivity contribution >= 4 is 36.5 Å².